The van der Waals surface area contributed by atoms with Gasteiger partial charge in [-0.1, -0.05) is 12.1 Å². The third-order valence-electron chi connectivity index (χ3n) is 4.31. The molecule has 30 heavy (non-hydrogen) atoms. The molecule has 0 fully saturated rings. The average Bonchev–Trinajstić information content (AvgIpc) is 2.77. The molecule has 154 valence electrons. The van der Waals surface area contributed by atoms with Gasteiger partial charge < -0.3 is 14.8 Å². The van der Waals surface area contributed by atoms with Crippen molar-refractivity contribution >= 4 is 17.6 Å². The van der Waals surface area contributed by atoms with Crippen molar-refractivity contribution in [1.82, 2.24) is 9.13 Å². The number of carbonyl (C=O) groups is 2. The molecule has 0 radical (unpaired) electrons. The van der Waals surface area contributed by atoms with E-state index in [0.29, 0.717) is 22.7 Å². The van der Waals surface area contributed by atoms with Gasteiger partial charge in [0.05, 0.1) is 25.5 Å². The van der Waals surface area contributed by atoms with E-state index in [1.807, 2.05) is 0 Å². The lowest BCUT2D eigenvalue weighted by molar-refractivity contribution is -0.116. The lowest BCUT2D eigenvalue weighted by atomic mass is 10.2. The van der Waals surface area contributed by atoms with Crippen LogP contribution in [0.3, 0.4) is 0 Å². The summed E-state index contributed by atoms with van der Waals surface area (Å²) in [6.07, 6.45) is 2.76. The summed E-state index contributed by atoms with van der Waals surface area (Å²) in [5, 5.41) is 2.61. The Hall–Kier alpha value is -4.14. The summed E-state index contributed by atoms with van der Waals surface area (Å²) >= 11 is 0. The van der Waals surface area contributed by atoms with Crippen molar-refractivity contribution in [3.8, 4) is 11.4 Å². The Morgan fingerprint density at radius 1 is 0.933 bits per heavy atom. The van der Waals surface area contributed by atoms with Crippen molar-refractivity contribution in [3.63, 3.8) is 0 Å². The molecule has 9 nitrogen and oxygen atoms in total. The normalized spacial score (nSPS) is 10.3. The maximum atomic E-state index is 12.5. The Morgan fingerprint density at radius 3 is 2.30 bits per heavy atom. The molecule has 9 heteroatoms. The summed E-state index contributed by atoms with van der Waals surface area (Å²) in [6, 6.07) is 12.9. The molecule has 0 aliphatic rings. The minimum absolute atomic E-state index is 0.340. The monoisotopic (exact) mass is 409 g/mol. The summed E-state index contributed by atoms with van der Waals surface area (Å²) < 4.78 is 12.0. The summed E-state index contributed by atoms with van der Waals surface area (Å²) in [6.45, 7) is -0.348. The second-order valence-electron chi connectivity index (χ2n) is 6.20. The predicted octanol–water partition coefficient (Wildman–Crippen LogP) is 1.43. The minimum Gasteiger partial charge on any atom is -0.495 e. The van der Waals surface area contributed by atoms with Crippen molar-refractivity contribution in [1.29, 1.82) is 0 Å². The van der Waals surface area contributed by atoms with E-state index >= 15 is 0 Å². The van der Waals surface area contributed by atoms with Gasteiger partial charge in [0.1, 0.15) is 12.3 Å². The minimum atomic E-state index is -0.848. The molecule has 2 aromatic carbocycles. The number of amides is 1. The first-order valence-corrected chi connectivity index (χ1v) is 8.88. The van der Waals surface area contributed by atoms with Crippen molar-refractivity contribution < 1.29 is 19.1 Å². The Balaban J connectivity index is 1.78. The Kier molecular flexibility index (Phi) is 6.11. The standard InChI is InChI=1S/C21H19N3O6/c1-29-17-6-4-3-5-16(17)24-12-11-23(19(26)20(24)27)13-18(25)22-15-9-7-14(8-10-15)21(28)30-2/h3-12H,13H2,1-2H3,(H,22,25). The summed E-state index contributed by atoms with van der Waals surface area (Å²) in [5.41, 5.74) is -0.462. The van der Waals surface area contributed by atoms with Crippen LogP contribution in [-0.4, -0.2) is 35.2 Å². The van der Waals surface area contributed by atoms with E-state index in [2.05, 4.69) is 10.1 Å². The van der Waals surface area contributed by atoms with Gasteiger partial charge in [0.15, 0.2) is 0 Å². The Morgan fingerprint density at radius 2 is 1.63 bits per heavy atom. The van der Waals surface area contributed by atoms with Crippen LogP contribution in [0.2, 0.25) is 0 Å². The van der Waals surface area contributed by atoms with E-state index in [0.717, 1.165) is 4.57 Å². The number of ether oxygens (including phenoxy) is 2. The first-order chi connectivity index (χ1) is 14.4. The molecule has 0 saturated heterocycles. The molecule has 0 aliphatic heterocycles. The van der Waals surface area contributed by atoms with Crippen LogP contribution < -0.4 is 21.2 Å². The Bertz CT molecular complexity index is 1190. The van der Waals surface area contributed by atoms with Gasteiger partial charge >= 0.3 is 17.1 Å². The zero-order chi connectivity index (χ0) is 21.7. The van der Waals surface area contributed by atoms with Gasteiger partial charge in [-0.15, -0.1) is 0 Å². The number of para-hydroxylation sites is 2. The molecule has 0 atom stereocenters. The quantitative estimate of drug-likeness (QED) is 0.487. The SMILES string of the molecule is COC(=O)c1ccc(NC(=O)Cn2ccn(-c3ccccc3OC)c(=O)c2=O)cc1. The van der Waals surface area contributed by atoms with Gasteiger partial charge in [-0.25, -0.2) is 4.79 Å². The van der Waals surface area contributed by atoms with Crippen molar-refractivity contribution in [3.05, 3.63) is 87.2 Å². The molecule has 3 aromatic rings. The summed E-state index contributed by atoms with van der Waals surface area (Å²) in [5.74, 6) is -0.558. The fourth-order valence-electron chi connectivity index (χ4n) is 2.81. The van der Waals surface area contributed by atoms with Crippen molar-refractivity contribution in [2.24, 2.45) is 0 Å². The van der Waals surface area contributed by atoms with Gasteiger partial charge in [0.25, 0.3) is 0 Å². The van der Waals surface area contributed by atoms with Gasteiger partial charge in [-0.2, -0.15) is 0 Å². The lowest BCUT2D eigenvalue weighted by Gasteiger charge is -2.12. The van der Waals surface area contributed by atoms with Crippen LogP contribution in [0, 0.1) is 0 Å². The molecule has 0 spiro atoms. The number of methoxy groups -OCH3 is 2. The third kappa shape index (κ3) is 4.30. The summed E-state index contributed by atoms with van der Waals surface area (Å²) in [7, 11) is 2.74. The number of aromatic nitrogens is 2. The Labute approximate surface area is 171 Å². The zero-order valence-corrected chi connectivity index (χ0v) is 16.3. The molecule has 1 amide bonds. The van der Waals surface area contributed by atoms with Crippen LogP contribution in [0.4, 0.5) is 5.69 Å². The van der Waals surface area contributed by atoms with Crippen LogP contribution in [0.15, 0.2) is 70.5 Å². The first-order valence-electron chi connectivity index (χ1n) is 8.88. The number of rotatable bonds is 6. The highest BCUT2D eigenvalue weighted by Crippen LogP contribution is 2.19. The van der Waals surface area contributed by atoms with Gasteiger partial charge in [0.2, 0.25) is 5.91 Å². The van der Waals surface area contributed by atoms with Crippen LogP contribution in [0.5, 0.6) is 5.75 Å². The topological polar surface area (TPSA) is 109 Å². The second kappa shape index (κ2) is 8.91. The van der Waals surface area contributed by atoms with Crippen molar-refractivity contribution in [2.75, 3.05) is 19.5 Å². The highest BCUT2D eigenvalue weighted by atomic mass is 16.5. The number of hydrogen-bond donors (Lipinski definition) is 1. The fraction of sp³-hybridized carbons (Fsp3) is 0.143. The molecule has 0 unspecified atom stereocenters. The highest BCUT2D eigenvalue weighted by Gasteiger charge is 2.13. The molecule has 3 rings (SSSR count). The van der Waals surface area contributed by atoms with Gasteiger partial charge in [-0.3, -0.25) is 23.5 Å². The predicted molar refractivity (Wildman–Crippen MR) is 109 cm³/mol. The van der Waals surface area contributed by atoms with E-state index < -0.39 is 23.0 Å². The molecule has 0 bridgehead atoms. The van der Waals surface area contributed by atoms with E-state index in [4.69, 9.17) is 4.74 Å². The average molecular weight is 409 g/mol. The molecular weight excluding hydrogens is 390 g/mol. The molecular formula is C21H19N3O6. The van der Waals surface area contributed by atoms with Crippen LogP contribution in [0.25, 0.3) is 5.69 Å². The van der Waals surface area contributed by atoms with E-state index in [1.165, 1.54) is 55.4 Å². The zero-order valence-electron chi connectivity index (χ0n) is 16.3. The summed E-state index contributed by atoms with van der Waals surface area (Å²) in [4.78, 5) is 48.7. The molecule has 0 aliphatic carbocycles. The second-order valence-corrected chi connectivity index (χ2v) is 6.20. The van der Waals surface area contributed by atoms with Gasteiger partial charge in [-0.05, 0) is 36.4 Å². The number of nitrogens with one attached hydrogen (secondary N) is 1. The van der Waals surface area contributed by atoms with Crippen LogP contribution in [0.1, 0.15) is 10.4 Å². The number of anilines is 1. The van der Waals surface area contributed by atoms with Crippen LogP contribution in [-0.2, 0) is 16.1 Å². The first kappa shape index (κ1) is 20.6. The largest absolute Gasteiger partial charge is 0.495 e. The smallest absolute Gasteiger partial charge is 0.337 e. The maximum absolute atomic E-state index is 12.5. The molecule has 1 heterocycles. The van der Waals surface area contributed by atoms with Crippen molar-refractivity contribution in [2.45, 2.75) is 6.54 Å². The fourth-order valence-corrected chi connectivity index (χ4v) is 2.81. The number of esters is 1. The lowest BCUT2D eigenvalue weighted by Crippen LogP contribution is -2.41. The molecule has 1 aromatic heterocycles. The number of carbonyl (C=O) groups excluding carboxylic acids is 2. The third-order valence-corrected chi connectivity index (χ3v) is 4.31. The molecule has 1 N–H and O–H groups in total. The molecule has 0 saturated carbocycles. The van der Waals surface area contributed by atoms with E-state index in [1.54, 1.807) is 24.3 Å². The number of benzene rings is 2. The number of nitrogens with zero attached hydrogens (tertiary/aromatic N) is 2. The van der Waals surface area contributed by atoms with Gasteiger partial charge in [0, 0.05) is 18.1 Å². The highest BCUT2D eigenvalue weighted by molar-refractivity contribution is 5.92. The van der Waals surface area contributed by atoms with E-state index in [9.17, 15) is 19.2 Å². The van der Waals surface area contributed by atoms with E-state index in [-0.39, 0.29) is 6.54 Å². The van der Waals surface area contributed by atoms with Crippen LogP contribution >= 0.6 is 0 Å². The number of hydrogen-bond acceptors (Lipinski definition) is 6. The maximum Gasteiger partial charge on any atom is 0.337 e.